The lowest BCUT2D eigenvalue weighted by molar-refractivity contribution is -0.123. The van der Waals surface area contributed by atoms with E-state index in [2.05, 4.69) is 10.5 Å². The van der Waals surface area contributed by atoms with E-state index in [1.807, 2.05) is 97.9 Å². The van der Waals surface area contributed by atoms with Crippen molar-refractivity contribution in [1.82, 2.24) is 5.43 Å². The zero-order valence-electron chi connectivity index (χ0n) is 16.0. The largest absolute Gasteiger partial charge is 0.483 e. The molecule has 0 unspecified atom stereocenters. The predicted molar refractivity (Wildman–Crippen MR) is 114 cm³/mol. The van der Waals surface area contributed by atoms with Gasteiger partial charge < -0.3 is 9.64 Å². The van der Waals surface area contributed by atoms with Crippen molar-refractivity contribution in [2.24, 2.45) is 5.10 Å². The minimum absolute atomic E-state index is 0.110. The van der Waals surface area contributed by atoms with E-state index in [0.717, 1.165) is 22.4 Å². The number of rotatable bonds is 7. The van der Waals surface area contributed by atoms with E-state index < -0.39 is 0 Å². The van der Waals surface area contributed by atoms with Crippen LogP contribution < -0.4 is 15.1 Å². The molecule has 0 aromatic heterocycles. The zero-order valence-corrected chi connectivity index (χ0v) is 16.0. The fourth-order valence-corrected chi connectivity index (χ4v) is 2.66. The van der Waals surface area contributed by atoms with Crippen LogP contribution in [0.15, 0.2) is 84.0 Å². The fourth-order valence-electron chi connectivity index (χ4n) is 2.66. The summed E-state index contributed by atoms with van der Waals surface area (Å²) in [7, 11) is 3.97. The Bertz CT molecular complexity index is 936. The normalized spacial score (nSPS) is 10.6. The molecule has 0 aliphatic carbocycles. The molecule has 28 heavy (non-hydrogen) atoms. The van der Waals surface area contributed by atoms with Crippen LogP contribution in [-0.2, 0) is 4.79 Å². The SMILES string of the molecule is CN(C)c1ccc(/C=N\NC(=O)COc2ccccc2-c2ccccc2)cc1. The van der Waals surface area contributed by atoms with E-state index in [-0.39, 0.29) is 12.5 Å². The lowest BCUT2D eigenvalue weighted by atomic mass is 10.1. The molecule has 1 amide bonds. The summed E-state index contributed by atoms with van der Waals surface area (Å²) in [5.74, 6) is 0.344. The first-order valence-corrected chi connectivity index (χ1v) is 9.00. The number of carbonyl (C=O) groups excluding carboxylic acids is 1. The first-order chi connectivity index (χ1) is 13.6. The van der Waals surface area contributed by atoms with Gasteiger partial charge in [0, 0.05) is 25.3 Å². The van der Waals surface area contributed by atoms with Crippen molar-refractivity contribution in [1.29, 1.82) is 0 Å². The topological polar surface area (TPSA) is 53.9 Å². The van der Waals surface area contributed by atoms with E-state index in [9.17, 15) is 4.79 Å². The number of ether oxygens (including phenoxy) is 1. The van der Waals surface area contributed by atoms with Gasteiger partial charge in [0.05, 0.1) is 6.21 Å². The van der Waals surface area contributed by atoms with E-state index in [1.165, 1.54) is 0 Å². The van der Waals surface area contributed by atoms with Crippen molar-refractivity contribution < 1.29 is 9.53 Å². The molecule has 5 nitrogen and oxygen atoms in total. The maximum atomic E-state index is 12.0. The monoisotopic (exact) mass is 373 g/mol. The molecule has 142 valence electrons. The number of carbonyl (C=O) groups is 1. The van der Waals surface area contributed by atoms with E-state index in [0.29, 0.717) is 5.75 Å². The second-order valence-corrected chi connectivity index (χ2v) is 6.43. The van der Waals surface area contributed by atoms with Gasteiger partial charge in [-0.3, -0.25) is 4.79 Å². The molecule has 5 heteroatoms. The van der Waals surface area contributed by atoms with Crippen LogP contribution in [0.4, 0.5) is 5.69 Å². The van der Waals surface area contributed by atoms with Crippen LogP contribution in [-0.4, -0.2) is 32.8 Å². The Morgan fingerprint density at radius 1 is 0.964 bits per heavy atom. The molecule has 0 radical (unpaired) electrons. The van der Waals surface area contributed by atoms with Gasteiger partial charge in [0.1, 0.15) is 5.75 Å². The Labute approximate surface area is 165 Å². The predicted octanol–water partition coefficient (Wildman–Crippen LogP) is 3.95. The second-order valence-electron chi connectivity index (χ2n) is 6.43. The molecule has 0 aliphatic heterocycles. The smallest absolute Gasteiger partial charge is 0.277 e. The molecule has 0 bridgehead atoms. The average molecular weight is 373 g/mol. The van der Waals surface area contributed by atoms with Gasteiger partial charge in [0.25, 0.3) is 5.91 Å². The number of hydrogen-bond donors (Lipinski definition) is 1. The summed E-state index contributed by atoms with van der Waals surface area (Å²) in [5, 5.41) is 3.99. The molecular formula is C23H23N3O2. The van der Waals surface area contributed by atoms with Crippen LogP contribution in [0.2, 0.25) is 0 Å². The third-order valence-corrected chi connectivity index (χ3v) is 4.14. The van der Waals surface area contributed by atoms with Gasteiger partial charge in [-0.15, -0.1) is 0 Å². The van der Waals surface area contributed by atoms with Gasteiger partial charge in [-0.05, 0) is 29.3 Å². The maximum absolute atomic E-state index is 12.0. The Morgan fingerprint density at radius 2 is 1.64 bits per heavy atom. The summed E-state index contributed by atoms with van der Waals surface area (Å²) in [4.78, 5) is 14.1. The van der Waals surface area contributed by atoms with Gasteiger partial charge in [-0.1, -0.05) is 60.7 Å². The van der Waals surface area contributed by atoms with Crippen LogP contribution in [0.3, 0.4) is 0 Å². The van der Waals surface area contributed by atoms with Crippen LogP contribution in [0.5, 0.6) is 5.75 Å². The molecule has 0 saturated heterocycles. The molecule has 0 fully saturated rings. The molecular weight excluding hydrogens is 350 g/mol. The van der Waals surface area contributed by atoms with Crippen LogP contribution >= 0.6 is 0 Å². The first kappa shape index (κ1) is 19.2. The number of hydrogen-bond acceptors (Lipinski definition) is 4. The van der Waals surface area contributed by atoms with Crippen molar-refractivity contribution >= 4 is 17.8 Å². The molecule has 1 N–H and O–H groups in total. The van der Waals surface area contributed by atoms with Crippen molar-refractivity contribution in [2.75, 3.05) is 25.6 Å². The highest BCUT2D eigenvalue weighted by atomic mass is 16.5. The molecule has 0 aliphatic rings. The summed E-state index contributed by atoms with van der Waals surface area (Å²) in [6.45, 7) is -0.110. The van der Waals surface area contributed by atoms with Crippen molar-refractivity contribution in [3.8, 4) is 16.9 Å². The maximum Gasteiger partial charge on any atom is 0.277 e. The fraction of sp³-hybridized carbons (Fsp3) is 0.130. The summed E-state index contributed by atoms with van der Waals surface area (Å²) < 4.78 is 5.71. The number of nitrogens with one attached hydrogen (secondary N) is 1. The Balaban J connectivity index is 1.55. The van der Waals surface area contributed by atoms with Gasteiger partial charge in [-0.25, -0.2) is 5.43 Å². The van der Waals surface area contributed by atoms with Crippen LogP contribution in [0.25, 0.3) is 11.1 Å². The number of benzene rings is 3. The van der Waals surface area contributed by atoms with Gasteiger partial charge in [0.2, 0.25) is 0 Å². The quantitative estimate of drug-likeness (QED) is 0.504. The number of hydrazone groups is 1. The summed E-state index contributed by atoms with van der Waals surface area (Å²) in [6.07, 6.45) is 1.61. The Hall–Kier alpha value is -3.60. The van der Waals surface area contributed by atoms with Gasteiger partial charge >= 0.3 is 0 Å². The molecule has 3 rings (SSSR count). The third-order valence-electron chi connectivity index (χ3n) is 4.14. The highest BCUT2D eigenvalue weighted by molar-refractivity contribution is 5.83. The van der Waals surface area contributed by atoms with Crippen molar-refractivity contribution in [3.05, 3.63) is 84.4 Å². The Kier molecular flexibility index (Phi) is 6.41. The van der Waals surface area contributed by atoms with Gasteiger partial charge in [-0.2, -0.15) is 5.10 Å². The molecule has 0 spiro atoms. The Morgan fingerprint density at radius 3 is 2.36 bits per heavy atom. The lowest BCUT2D eigenvalue weighted by Crippen LogP contribution is -2.24. The third kappa shape index (κ3) is 5.20. The number of para-hydroxylation sites is 1. The highest BCUT2D eigenvalue weighted by Gasteiger charge is 2.07. The second kappa shape index (κ2) is 9.37. The van der Waals surface area contributed by atoms with Crippen LogP contribution in [0.1, 0.15) is 5.56 Å². The number of nitrogens with zero attached hydrogens (tertiary/aromatic N) is 2. The molecule has 3 aromatic rings. The standard InChI is InChI=1S/C23H23N3O2/c1-26(2)20-14-12-18(13-15-20)16-24-25-23(27)17-28-22-11-7-6-10-21(22)19-8-4-3-5-9-19/h3-16H,17H2,1-2H3,(H,25,27)/b24-16-. The zero-order chi connectivity index (χ0) is 19.8. The first-order valence-electron chi connectivity index (χ1n) is 9.00. The average Bonchev–Trinajstić information content (AvgIpc) is 2.73. The minimum atomic E-state index is -0.316. The van der Waals surface area contributed by atoms with Crippen molar-refractivity contribution in [2.45, 2.75) is 0 Å². The number of anilines is 1. The lowest BCUT2D eigenvalue weighted by Gasteiger charge is -2.11. The van der Waals surface area contributed by atoms with Crippen molar-refractivity contribution in [3.63, 3.8) is 0 Å². The van der Waals surface area contributed by atoms with Gasteiger partial charge in [0.15, 0.2) is 6.61 Å². The summed E-state index contributed by atoms with van der Waals surface area (Å²) in [6, 6.07) is 25.4. The molecule has 0 saturated carbocycles. The number of amides is 1. The summed E-state index contributed by atoms with van der Waals surface area (Å²) >= 11 is 0. The minimum Gasteiger partial charge on any atom is -0.483 e. The summed E-state index contributed by atoms with van der Waals surface area (Å²) in [5.41, 5.74) is 6.48. The molecule has 0 heterocycles. The van der Waals surface area contributed by atoms with E-state index in [1.54, 1.807) is 6.21 Å². The highest BCUT2D eigenvalue weighted by Crippen LogP contribution is 2.29. The van der Waals surface area contributed by atoms with E-state index in [4.69, 9.17) is 4.74 Å². The van der Waals surface area contributed by atoms with E-state index >= 15 is 0 Å². The molecule has 0 atom stereocenters. The van der Waals surface area contributed by atoms with Crippen LogP contribution in [0, 0.1) is 0 Å². The molecule has 3 aromatic carbocycles.